The van der Waals surface area contributed by atoms with Gasteiger partial charge in [-0.15, -0.1) is 0 Å². The summed E-state index contributed by atoms with van der Waals surface area (Å²) in [7, 11) is 0. The fourth-order valence-corrected chi connectivity index (χ4v) is 2.15. The minimum Gasteiger partial charge on any atom is -0.364 e. The van der Waals surface area contributed by atoms with Crippen LogP contribution in [0.25, 0.3) is 0 Å². The van der Waals surface area contributed by atoms with Crippen molar-refractivity contribution in [2.24, 2.45) is 0 Å². The zero-order valence-corrected chi connectivity index (χ0v) is 10.1. The van der Waals surface area contributed by atoms with Crippen molar-refractivity contribution in [1.82, 2.24) is 5.32 Å². The standard InChI is InChI=1S/C15H13NO3/c17-13(10-6-2-1-3-7-10)16-14-11-8-4-5-9-12(11)15(18)19-14/h1-9,14-15,18H,(H,16,17). The zero-order chi connectivity index (χ0) is 13.2. The van der Waals surface area contributed by atoms with Gasteiger partial charge in [0.1, 0.15) is 0 Å². The molecule has 2 aromatic rings. The Bertz CT molecular complexity index is 597. The molecule has 0 aromatic heterocycles. The van der Waals surface area contributed by atoms with E-state index >= 15 is 0 Å². The Hall–Kier alpha value is -2.17. The van der Waals surface area contributed by atoms with Gasteiger partial charge in [-0.3, -0.25) is 4.79 Å². The number of benzene rings is 2. The van der Waals surface area contributed by atoms with Crippen LogP contribution < -0.4 is 5.32 Å². The van der Waals surface area contributed by atoms with E-state index in [-0.39, 0.29) is 5.91 Å². The first-order valence-electron chi connectivity index (χ1n) is 6.04. The van der Waals surface area contributed by atoms with Gasteiger partial charge >= 0.3 is 0 Å². The molecule has 1 heterocycles. The van der Waals surface area contributed by atoms with Crippen molar-refractivity contribution in [2.75, 3.05) is 0 Å². The third-order valence-corrected chi connectivity index (χ3v) is 3.11. The molecule has 2 N–H and O–H groups in total. The molecule has 0 bridgehead atoms. The third-order valence-electron chi connectivity index (χ3n) is 3.11. The number of aliphatic hydroxyl groups is 1. The molecule has 1 amide bonds. The zero-order valence-electron chi connectivity index (χ0n) is 10.1. The third kappa shape index (κ3) is 2.23. The first-order chi connectivity index (χ1) is 9.25. The maximum atomic E-state index is 12.0. The quantitative estimate of drug-likeness (QED) is 0.864. The molecule has 0 saturated heterocycles. The lowest BCUT2D eigenvalue weighted by molar-refractivity contribution is -0.126. The van der Waals surface area contributed by atoms with Crippen molar-refractivity contribution >= 4 is 5.91 Å². The number of carbonyl (C=O) groups is 1. The number of amides is 1. The van der Waals surface area contributed by atoms with E-state index in [0.717, 1.165) is 5.56 Å². The summed E-state index contributed by atoms with van der Waals surface area (Å²) < 4.78 is 5.35. The second-order valence-corrected chi connectivity index (χ2v) is 4.34. The molecule has 19 heavy (non-hydrogen) atoms. The van der Waals surface area contributed by atoms with Crippen LogP contribution in [0.1, 0.15) is 34.0 Å². The Morgan fingerprint density at radius 3 is 2.37 bits per heavy atom. The van der Waals surface area contributed by atoms with Gasteiger partial charge in [-0.1, -0.05) is 42.5 Å². The Balaban J connectivity index is 1.81. The summed E-state index contributed by atoms with van der Waals surface area (Å²) in [6, 6.07) is 16.2. The molecule has 1 aliphatic heterocycles. The molecule has 4 nitrogen and oxygen atoms in total. The average molecular weight is 255 g/mol. The molecule has 0 radical (unpaired) electrons. The molecule has 2 atom stereocenters. The van der Waals surface area contributed by atoms with Crippen LogP contribution >= 0.6 is 0 Å². The molecule has 1 aliphatic rings. The van der Waals surface area contributed by atoms with Crippen LogP contribution in [0.5, 0.6) is 0 Å². The molecule has 0 spiro atoms. The lowest BCUT2D eigenvalue weighted by atomic mass is 10.1. The number of fused-ring (bicyclic) bond motifs is 1. The monoisotopic (exact) mass is 255 g/mol. The number of nitrogens with one attached hydrogen (secondary N) is 1. The van der Waals surface area contributed by atoms with Gasteiger partial charge in [0.2, 0.25) is 0 Å². The highest BCUT2D eigenvalue weighted by molar-refractivity contribution is 5.94. The van der Waals surface area contributed by atoms with E-state index in [0.29, 0.717) is 11.1 Å². The lowest BCUT2D eigenvalue weighted by Crippen LogP contribution is -2.28. The Labute approximate surface area is 110 Å². The molecular weight excluding hydrogens is 242 g/mol. The van der Waals surface area contributed by atoms with Crippen molar-refractivity contribution in [3.63, 3.8) is 0 Å². The second kappa shape index (κ2) is 4.84. The van der Waals surface area contributed by atoms with Crippen molar-refractivity contribution in [2.45, 2.75) is 12.5 Å². The largest absolute Gasteiger partial charge is 0.364 e. The fourth-order valence-electron chi connectivity index (χ4n) is 2.15. The molecule has 2 unspecified atom stereocenters. The number of aliphatic hydroxyl groups excluding tert-OH is 1. The Morgan fingerprint density at radius 2 is 1.63 bits per heavy atom. The van der Waals surface area contributed by atoms with Crippen LogP contribution in [-0.2, 0) is 4.74 Å². The van der Waals surface area contributed by atoms with Gasteiger partial charge in [0, 0.05) is 16.7 Å². The van der Waals surface area contributed by atoms with Crippen molar-refractivity contribution in [1.29, 1.82) is 0 Å². The van der Waals surface area contributed by atoms with Crippen LogP contribution in [0.4, 0.5) is 0 Å². The summed E-state index contributed by atoms with van der Waals surface area (Å²) in [6.45, 7) is 0. The summed E-state index contributed by atoms with van der Waals surface area (Å²) in [5, 5.41) is 12.5. The van der Waals surface area contributed by atoms with Crippen LogP contribution in [-0.4, -0.2) is 11.0 Å². The number of ether oxygens (including phenoxy) is 1. The second-order valence-electron chi connectivity index (χ2n) is 4.34. The van der Waals surface area contributed by atoms with E-state index in [4.69, 9.17) is 4.74 Å². The predicted octanol–water partition coefficient (Wildman–Crippen LogP) is 2.14. The summed E-state index contributed by atoms with van der Waals surface area (Å²) in [4.78, 5) is 12.0. The Kier molecular flexibility index (Phi) is 3.03. The molecule has 0 aliphatic carbocycles. The smallest absolute Gasteiger partial charge is 0.253 e. The maximum absolute atomic E-state index is 12.0. The topological polar surface area (TPSA) is 58.6 Å². The first-order valence-corrected chi connectivity index (χ1v) is 6.04. The van der Waals surface area contributed by atoms with E-state index in [9.17, 15) is 9.90 Å². The number of hydrogen-bond acceptors (Lipinski definition) is 3. The van der Waals surface area contributed by atoms with Gasteiger partial charge in [-0.2, -0.15) is 0 Å². The Morgan fingerprint density at radius 1 is 1.00 bits per heavy atom. The van der Waals surface area contributed by atoms with Crippen LogP contribution in [0.15, 0.2) is 54.6 Å². The SMILES string of the molecule is O=C(NC1OC(O)c2ccccc21)c1ccccc1. The molecule has 96 valence electrons. The van der Waals surface area contributed by atoms with Gasteiger partial charge in [0.05, 0.1) is 0 Å². The highest BCUT2D eigenvalue weighted by Gasteiger charge is 2.31. The van der Waals surface area contributed by atoms with Crippen molar-refractivity contribution in [3.8, 4) is 0 Å². The maximum Gasteiger partial charge on any atom is 0.253 e. The summed E-state index contributed by atoms with van der Waals surface area (Å²) >= 11 is 0. The normalized spacial score (nSPS) is 20.9. The minimum absolute atomic E-state index is 0.227. The summed E-state index contributed by atoms with van der Waals surface area (Å²) in [6.07, 6.45) is -1.60. The van der Waals surface area contributed by atoms with Gasteiger partial charge in [0.15, 0.2) is 12.5 Å². The first kappa shape index (κ1) is 11.9. The van der Waals surface area contributed by atoms with Crippen LogP contribution in [0.2, 0.25) is 0 Å². The van der Waals surface area contributed by atoms with Crippen LogP contribution in [0, 0.1) is 0 Å². The van der Waals surface area contributed by atoms with Crippen molar-refractivity contribution in [3.05, 3.63) is 71.3 Å². The molecule has 2 aromatic carbocycles. The number of rotatable bonds is 2. The molecule has 4 heteroatoms. The molecule has 0 saturated carbocycles. The summed E-state index contributed by atoms with van der Waals surface area (Å²) in [5.74, 6) is -0.227. The summed E-state index contributed by atoms with van der Waals surface area (Å²) in [5.41, 5.74) is 2.05. The fraction of sp³-hybridized carbons (Fsp3) is 0.133. The van der Waals surface area contributed by atoms with E-state index in [1.165, 1.54) is 0 Å². The number of hydrogen-bond donors (Lipinski definition) is 2. The van der Waals surface area contributed by atoms with Gasteiger partial charge in [-0.05, 0) is 12.1 Å². The van der Waals surface area contributed by atoms with Gasteiger partial charge in [-0.25, -0.2) is 0 Å². The van der Waals surface area contributed by atoms with E-state index in [2.05, 4.69) is 5.32 Å². The lowest BCUT2D eigenvalue weighted by Gasteiger charge is -2.13. The average Bonchev–Trinajstić information content (AvgIpc) is 2.77. The molecule has 3 rings (SSSR count). The highest BCUT2D eigenvalue weighted by Crippen LogP contribution is 2.35. The van der Waals surface area contributed by atoms with Gasteiger partial charge in [0.25, 0.3) is 5.91 Å². The molecular formula is C15H13NO3. The van der Waals surface area contributed by atoms with E-state index in [1.807, 2.05) is 24.3 Å². The van der Waals surface area contributed by atoms with Crippen LogP contribution in [0.3, 0.4) is 0 Å². The number of carbonyl (C=O) groups excluding carboxylic acids is 1. The van der Waals surface area contributed by atoms with Gasteiger partial charge < -0.3 is 15.2 Å². The van der Waals surface area contributed by atoms with E-state index in [1.54, 1.807) is 30.3 Å². The predicted molar refractivity (Wildman–Crippen MR) is 69.1 cm³/mol. The van der Waals surface area contributed by atoms with E-state index < -0.39 is 12.5 Å². The minimum atomic E-state index is -0.989. The highest BCUT2D eigenvalue weighted by atomic mass is 16.6. The molecule has 0 fully saturated rings. The van der Waals surface area contributed by atoms with Crippen molar-refractivity contribution < 1.29 is 14.6 Å².